The van der Waals surface area contributed by atoms with Crippen LogP contribution in [-0.2, 0) is 10.0 Å². The summed E-state index contributed by atoms with van der Waals surface area (Å²) >= 11 is 7.62. The monoisotopic (exact) mass is 451 g/mol. The minimum Gasteiger partial charge on any atom is -0.307 e. The number of nitrogens with zero attached hydrogens (tertiary/aromatic N) is 1. The number of urea groups is 1. The summed E-state index contributed by atoms with van der Waals surface area (Å²) in [6, 6.07) is 6.05. The van der Waals surface area contributed by atoms with Gasteiger partial charge in [0.2, 0.25) is 0 Å². The molecule has 2 heterocycles. The molecule has 0 saturated heterocycles. The molecule has 0 radical (unpaired) electrons. The van der Waals surface area contributed by atoms with Gasteiger partial charge in [-0.3, -0.25) is 4.98 Å². The van der Waals surface area contributed by atoms with Crippen molar-refractivity contribution in [1.29, 1.82) is 0 Å². The number of anilines is 1. The summed E-state index contributed by atoms with van der Waals surface area (Å²) in [5.74, 6) is 0.173. The summed E-state index contributed by atoms with van der Waals surface area (Å²) in [4.78, 5) is 16.7. The number of carbonyl (C=O) groups excluding carboxylic acids is 1. The first-order valence-electron chi connectivity index (χ1n) is 9.09. The summed E-state index contributed by atoms with van der Waals surface area (Å²) in [7, 11) is -4.07. The maximum Gasteiger partial charge on any atom is 0.333 e. The lowest BCUT2D eigenvalue weighted by Crippen LogP contribution is -2.35. The van der Waals surface area contributed by atoms with Crippen LogP contribution in [0.5, 0.6) is 0 Å². The smallest absolute Gasteiger partial charge is 0.307 e. The van der Waals surface area contributed by atoms with Crippen LogP contribution in [0.4, 0.5) is 10.5 Å². The van der Waals surface area contributed by atoms with Crippen molar-refractivity contribution in [3.05, 3.63) is 52.0 Å². The molecule has 0 atom stereocenters. The highest BCUT2D eigenvalue weighted by molar-refractivity contribution is 7.90. The fourth-order valence-electron chi connectivity index (χ4n) is 3.00. The number of halogens is 1. The van der Waals surface area contributed by atoms with Gasteiger partial charge in [0, 0.05) is 16.9 Å². The van der Waals surface area contributed by atoms with Gasteiger partial charge in [-0.25, -0.2) is 17.9 Å². The number of nitrogens with one attached hydrogen (secondary N) is 2. The van der Waals surface area contributed by atoms with E-state index in [1.165, 1.54) is 23.6 Å². The quantitative estimate of drug-likeness (QED) is 0.520. The zero-order valence-corrected chi connectivity index (χ0v) is 18.9. The van der Waals surface area contributed by atoms with Gasteiger partial charge in [-0.1, -0.05) is 39.3 Å². The SMILES string of the molecule is CC(C)c1cc(Cl)cc(C(C)C)c1NC(=O)NS(=O)(=O)c1cnc2ccsc2c1. The Morgan fingerprint density at radius 3 is 2.31 bits per heavy atom. The number of fused-ring (bicyclic) bond motifs is 1. The Morgan fingerprint density at radius 2 is 1.72 bits per heavy atom. The predicted octanol–water partition coefficient (Wildman–Crippen LogP) is 5.71. The highest BCUT2D eigenvalue weighted by Crippen LogP contribution is 2.35. The van der Waals surface area contributed by atoms with Crippen LogP contribution in [0.3, 0.4) is 0 Å². The second kappa shape index (κ2) is 8.30. The predicted molar refractivity (Wildman–Crippen MR) is 119 cm³/mol. The molecule has 2 aromatic heterocycles. The second-order valence-corrected chi connectivity index (χ2v) is 10.4. The minimum atomic E-state index is -4.07. The first-order chi connectivity index (χ1) is 13.6. The zero-order chi connectivity index (χ0) is 21.3. The Balaban J connectivity index is 1.90. The molecule has 154 valence electrons. The van der Waals surface area contributed by atoms with E-state index in [1.54, 1.807) is 18.2 Å². The molecule has 3 rings (SSSR count). The zero-order valence-electron chi connectivity index (χ0n) is 16.5. The number of rotatable bonds is 5. The Labute approximate surface area is 179 Å². The number of thiophene rings is 1. The molecule has 0 fully saturated rings. The van der Waals surface area contributed by atoms with E-state index in [1.807, 2.05) is 33.1 Å². The van der Waals surface area contributed by atoms with E-state index >= 15 is 0 Å². The van der Waals surface area contributed by atoms with Crippen molar-refractivity contribution in [3.63, 3.8) is 0 Å². The number of sulfonamides is 1. The third-order valence-corrected chi connectivity index (χ3v) is 6.83. The largest absolute Gasteiger partial charge is 0.333 e. The van der Waals surface area contributed by atoms with E-state index in [0.717, 1.165) is 15.8 Å². The Kier molecular flexibility index (Phi) is 6.16. The fourth-order valence-corrected chi connectivity index (χ4v) is 4.97. The summed E-state index contributed by atoms with van der Waals surface area (Å²) in [6.45, 7) is 7.93. The Hall–Kier alpha value is -2.16. The lowest BCUT2D eigenvalue weighted by Gasteiger charge is -2.21. The molecule has 0 spiro atoms. The maximum absolute atomic E-state index is 12.7. The molecular weight excluding hydrogens is 430 g/mol. The Morgan fingerprint density at radius 1 is 1.10 bits per heavy atom. The minimum absolute atomic E-state index is 0.0631. The average molecular weight is 452 g/mol. The van der Waals surface area contributed by atoms with Gasteiger partial charge in [-0.05, 0) is 52.6 Å². The molecule has 0 aliphatic rings. The van der Waals surface area contributed by atoms with Crippen LogP contribution < -0.4 is 10.0 Å². The molecule has 2 amide bonds. The van der Waals surface area contributed by atoms with Gasteiger partial charge in [0.15, 0.2) is 0 Å². The van der Waals surface area contributed by atoms with Gasteiger partial charge < -0.3 is 5.32 Å². The third kappa shape index (κ3) is 4.71. The van der Waals surface area contributed by atoms with Gasteiger partial charge in [-0.2, -0.15) is 0 Å². The van der Waals surface area contributed by atoms with Crippen molar-refractivity contribution in [3.8, 4) is 0 Å². The second-order valence-electron chi connectivity index (χ2n) is 7.30. The molecule has 1 aromatic carbocycles. The van der Waals surface area contributed by atoms with Crippen molar-refractivity contribution < 1.29 is 13.2 Å². The summed E-state index contributed by atoms with van der Waals surface area (Å²) < 4.78 is 28.1. The lowest BCUT2D eigenvalue weighted by atomic mass is 9.92. The van der Waals surface area contributed by atoms with E-state index in [-0.39, 0.29) is 16.7 Å². The van der Waals surface area contributed by atoms with Crippen LogP contribution in [0, 0.1) is 0 Å². The van der Waals surface area contributed by atoms with Gasteiger partial charge in [0.25, 0.3) is 10.0 Å². The van der Waals surface area contributed by atoms with Gasteiger partial charge >= 0.3 is 6.03 Å². The van der Waals surface area contributed by atoms with Crippen LogP contribution in [0.25, 0.3) is 10.2 Å². The molecule has 0 aliphatic heterocycles. The Bertz CT molecular complexity index is 1140. The number of carbonyl (C=O) groups is 1. The standard InChI is InChI=1S/C20H22ClN3O3S2/c1-11(2)15-7-13(21)8-16(12(3)4)19(15)23-20(25)24-29(26,27)14-9-18-17(22-10-14)5-6-28-18/h5-12H,1-4H3,(H2,23,24,25). The normalized spacial score (nSPS) is 12.0. The summed E-state index contributed by atoms with van der Waals surface area (Å²) in [6.07, 6.45) is 1.24. The number of hydrogen-bond acceptors (Lipinski definition) is 5. The maximum atomic E-state index is 12.7. The molecule has 0 bridgehead atoms. The van der Waals surface area contributed by atoms with Crippen molar-refractivity contribution in [2.75, 3.05) is 5.32 Å². The fraction of sp³-hybridized carbons (Fsp3) is 0.300. The topological polar surface area (TPSA) is 88.2 Å². The molecule has 6 nitrogen and oxygen atoms in total. The van der Waals surface area contributed by atoms with E-state index < -0.39 is 16.1 Å². The van der Waals surface area contributed by atoms with Crippen LogP contribution in [-0.4, -0.2) is 19.4 Å². The van der Waals surface area contributed by atoms with Crippen LogP contribution in [0.2, 0.25) is 5.02 Å². The average Bonchev–Trinajstić information content (AvgIpc) is 3.09. The van der Waals surface area contributed by atoms with Gasteiger partial charge in [0.05, 0.1) is 10.2 Å². The van der Waals surface area contributed by atoms with Gasteiger partial charge in [-0.15, -0.1) is 11.3 Å². The van der Waals surface area contributed by atoms with Crippen molar-refractivity contribution in [2.45, 2.75) is 44.4 Å². The molecule has 9 heteroatoms. The number of amides is 2. The lowest BCUT2D eigenvalue weighted by molar-refractivity contribution is 0.256. The number of aromatic nitrogens is 1. The van der Waals surface area contributed by atoms with E-state index in [9.17, 15) is 13.2 Å². The highest BCUT2D eigenvalue weighted by Gasteiger charge is 2.22. The number of hydrogen-bond donors (Lipinski definition) is 2. The third-order valence-electron chi connectivity index (χ3n) is 4.46. The van der Waals surface area contributed by atoms with Crippen LogP contribution >= 0.6 is 22.9 Å². The summed E-state index contributed by atoms with van der Waals surface area (Å²) in [5, 5.41) is 5.13. The molecular formula is C20H22ClN3O3S2. The molecule has 0 aliphatic carbocycles. The summed E-state index contributed by atoms with van der Waals surface area (Å²) in [5.41, 5.74) is 2.98. The molecule has 0 saturated carbocycles. The number of pyridine rings is 1. The number of benzene rings is 1. The van der Waals surface area contributed by atoms with E-state index in [0.29, 0.717) is 16.2 Å². The molecule has 2 N–H and O–H groups in total. The van der Waals surface area contributed by atoms with E-state index in [2.05, 4.69) is 15.0 Å². The van der Waals surface area contributed by atoms with Crippen molar-refractivity contribution >= 4 is 54.9 Å². The van der Waals surface area contributed by atoms with Crippen LogP contribution in [0.15, 0.2) is 40.7 Å². The van der Waals surface area contributed by atoms with Crippen molar-refractivity contribution in [1.82, 2.24) is 9.71 Å². The first kappa shape index (κ1) is 21.5. The van der Waals surface area contributed by atoms with Gasteiger partial charge in [0.1, 0.15) is 4.90 Å². The molecule has 3 aromatic rings. The first-order valence-corrected chi connectivity index (χ1v) is 11.8. The molecule has 29 heavy (non-hydrogen) atoms. The van der Waals surface area contributed by atoms with Crippen molar-refractivity contribution in [2.24, 2.45) is 0 Å². The van der Waals surface area contributed by atoms with Crippen LogP contribution in [0.1, 0.15) is 50.7 Å². The highest BCUT2D eigenvalue weighted by atomic mass is 35.5. The molecule has 0 unspecified atom stereocenters. The van der Waals surface area contributed by atoms with E-state index in [4.69, 9.17) is 11.6 Å².